The number of nitrogens with one attached hydrogen (secondary N) is 1. The van der Waals surface area contributed by atoms with Crippen molar-refractivity contribution in [1.29, 1.82) is 0 Å². The number of rotatable bonds is 4. The Bertz CT molecular complexity index is 337. The van der Waals surface area contributed by atoms with Gasteiger partial charge in [0.2, 0.25) is 0 Å². The fourth-order valence-electron chi connectivity index (χ4n) is 0.975. The average molecular weight is 168 g/mol. The lowest BCUT2D eigenvalue weighted by atomic mass is 10.2. The van der Waals surface area contributed by atoms with Gasteiger partial charge in [-0.2, -0.15) is 0 Å². The van der Waals surface area contributed by atoms with E-state index in [-0.39, 0.29) is 5.69 Å². The Labute approximate surface area is 70.1 Å². The number of nitrogen functional groups attached to an aromatic ring is 1. The third-order valence-electron chi connectivity index (χ3n) is 1.78. The summed E-state index contributed by atoms with van der Waals surface area (Å²) in [5.41, 5.74) is 4.62. The molecule has 0 atom stereocenters. The van der Waals surface area contributed by atoms with Crippen LogP contribution in [0.3, 0.4) is 0 Å². The molecule has 4 heteroatoms. The van der Waals surface area contributed by atoms with Gasteiger partial charge in [-0.25, -0.2) is 0 Å². The molecule has 66 valence electrons. The zero-order chi connectivity index (χ0) is 9.14. The highest BCUT2D eigenvalue weighted by Gasteiger charge is 2.16. The Morgan fingerprint density at radius 1 is 1.33 bits per heavy atom. The van der Waals surface area contributed by atoms with Crippen LogP contribution in [0.4, 0.5) is 11.4 Å². The molecule has 0 aliphatic rings. The first-order chi connectivity index (χ1) is 5.68. The quantitative estimate of drug-likeness (QED) is 0.493. The lowest BCUT2D eigenvalue weighted by molar-refractivity contribution is 0.833. The monoisotopic (exact) mass is 168 g/mol. The Morgan fingerprint density at radius 3 is 2.50 bits per heavy atom. The highest BCUT2D eigenvalue weighted by Crippen LogP contribution is 2.08. The van der Waals surface area contributed by atoms with Crippen molar-refractivity contribution in [3.05, 3.63) is 20.4 Å². The van der Waals surface area contributed by atoms with Crippen LogP contribution in [-0.2, 0) is 0 Å². The maximum absolute atomic E-state index is 10.8. The standard InChI is InChI=1S/C8H12N2O2/c1-2-3-4-10-6-5(9)7(11)8(6)12/h10H,2-4,9H2,1H3. The molecule has 0 radical (unpaired) electrons. The summed E-state index contributed by atoms with van der Waals surface area (Å²) < 4.78 is 0. The molecule has 0 aromatic heterocycles. The Hall–Kier alpha value is -1.32. The molecule has 4 nitrogen and oxygen atoms in total. The topological polar surface area (TPSA) is 72.2 Å². The van der Waals surface area contributed by atoms with Crippen LogP contribution in [0.2, 0.25) is 0 Å². The van der Waals surface area contributed by atoms with Crippen molar-refractivity contribution >= 4 is 11.4 Å². The van der Waals surface area contributed by atoms with E-state index in [1.807, 2.05) is 6.92 Å². The van der Waals surface area contributed by atoms with Crippen LogP contribution in [0.5, 0.6) is 0 Å². The predicted molar refractivity (Wildman–Crippen MR) is 49.2 cm³/mol. The second-order valence-corrected chi connectivity index (χ2v) is 2.73. The second kappa shape index (κ2) is 3.38. The molecule has 0 unspecified atom stereocenters. The van der Waals surface area contributed by atoms with Crippen LogP contribution < -0.4 is 21.9 Å². The summed E-state index contributed by atoms with van der Waals surface area (Å²) in [6.07, 6.45) is 2.01. The number of hydrogen-bond acceptors (Lipinski definition) is 4. The van der Waals surface area contributed by atoms with Crippen molar-refractivity contribution in [3.8, 4) is 0 Å². The molecule has 0 aliphatic carbocycles. The number of nitrogens with two attached hydrogens (primary N) is 1. The molecule has 1 aromatic carbocycles. The van der Waals surface area contributed by atoms with E-state index in [0.717, 1.165) is 12.8 Å². The second-order valence-electron chi connectivity index (χ2n) is 2.73. The first-order valence-electron chi connectivity index (χ1n) is 4.01. The average Bonchev–Trinajstić information content (AvgIpc) is 2.11. The smallest absolute Gasteiger partial charge is 0.253 e. The molecule has 3 N–H and O–H groups in total. The van der Waals surface area contributed by atoms with E-state index in [9.17, 15) is 9.59 Å². The summed E-state index contributed by atoms with van der Waals surface area (Å²) in [6, 6.07) is 0. The van der Waals surface area contributed by atoms with Crippen molar-refractivity contribution in [2.24, 2.45) is 0 Å². The van der Waals surface area contributed by atoms with Crippen LogP contribution in [0.15, 0.2) is 9.59 Å². The molecule has 1 rings (SSSR count). The predicted octanol–water partition coefficient (Wildman–Crippen LogP) is 0.0768. The molecule has 0 heterocycles. The van der Waals surface area contributed by atoms with Gasteiger partial charge < -0.3 is 11.1 Å². The fraction of sp³-hybridized carbons (Fsp3) is 0.500. The minimum absolute atomic E-state index is 0.0797. The van der Waals surface area contributed by atoms with Crippen molar-refractivity contribution in [2.45, 2.75) is 19.8 Å². The highest BCUT2D eigenvalue weighted by atomic mass is 16.2. The van der Waals surface area contributed by atoms with E-state index in [2.05, 4.69) is 5.32 Å². The largest absolute Gasteiger partial charge is 0.394 e. The van der Waals surface area contributed by atoms with E-state index in [1.165, 1.54) is 0 Å². The Morgan fingerprint density at radius 2 is 2.00 bits per heavy atom. The van der Waals surface area contributed by atoms with Gasteiger partial charge in [-0.3, -0.25) is 9.59 Å². The van der Waals surface area contributed by atoms with Gasteiger partial charge in [0, 0.05) is 6.54 Å². The number of anilines is 2. The molecule has 0 saturated heterocycles. The lowest BCUT2D eigenvalue weighted by Gasteiger charge is -2.08. The molecule has 0 aliphatic heterocycles. The fourth-order valence-corrected chi connectivity index (χ4v) is 0.975. The van der Waals surface area contributed by atoms with Crippen LogP contribution in [0, 0.1) is 0 Å². The summed E-state index contributed by atoms with van der Waals surface area (Å²) in [4.78, 5) is 21.4. The summed E-state index contributed by atoms with van der Waals surface area (Å²) >= 11 is 0. The van der Waals surface area contributed by atoms with Gasteiger partial charge in [0.05, 0.1) is 0 Å². The molecule has 0 amide bonds. The first-order valence-corrected chi connectivity index (χ1v) is 4.01. The van der Waals surface area contributed by atoms with Gasteiger partial charge in [0.25, 0.3) is 10.9 Å². The van der Waals surface area contributed by atoms with Gasteiger partial charge in [-0.15, -0.1) is 0 Å². The molecular formula is C8H12N2O2. The van der Waals surface area contributed by atoms with Gasteiger partial charge in [-0.05, 0) is 6.42 Å². The van der Waals surface area contributed by atoms with Crippen LogP contribution >= 0.6 is 0 Å². The summed E-state index contributed by atoms with van der Waals surface area (Å²) in [5.74, 6) is 0. The third kappa shape index (κ3) is 1.32. The molecule has 0 spiro atoms. The Kier molecular flexibility index (Phi) is 2.47. The normalized spacial score (nSPS) is 10.4. The summed E-state index contributed by atoms with van der Waals surface area (Å²) in [6.45, 7) is 2.75. The lowest BCUT2D eigenvalue weighted by Crippen LogP contribution is -2.37. The molecular weight excluding hydrogens is 156 g/mol. The minimum atomic E-state index is -0.561. The Balaban J connectivity index is 2.55. The molecule has 12 heavy (non-hydrogen) atoms. The van der Waals surface area contributed by atoms with Crippen molar-refractivity contribution < 1.29 is 0 Å². The van der Waals surface area contributed by atoms with Crippen LogP contribution in [0.1, 0.15) is 19.8 Å². The maximum atomic E-state index is 10.8. The van der Waals surface area contributed by atoms with E-state index < -0.39 is 10.9 Å². The van der Waals surface area contributed by atoms with Gasteiger partial charge in [-0.1, -0.05) is 13.3 Å². The van der Waals surface area contributed by atoms with Crippen LogP contribution in [0.25, 0.3) is 0 Å². The third-order valence-corrected chi connectivity index (χ3v) is 1.78. The van der Waals surface area contributed by atoms with E-state index in [4.69, 9.17) is 5.73 Å². The van der Waals surface area contributed by atoms with Gasteiger partial charge >= 0.3 is 0 Å². The number of hydrogen-bond donors (Lipinski definition) is 2. The molecule has 0 fully saturated rings. The zero-order valence-electron chi connectivity index (χ0n) is 7.02. The van der Waals surface area contributed by atoms with Gasteiger partial charge in [0.1, 0.15) is 11.4 Å². The summed E-state index contributed by atoms with van der Waals surface area (Å²) in [5, 5.41) is 2.83. The molecule has 1 aromatic rings. The minimum Gasteiger partial charge on any atom is -0.394 e. The maximum Gasteiger partial charge on any atom is 0.253 e. The van der Waals surface area contributed by atoms with Gasteiger partial charge in [0.15, 0.2) is 0 Å². The zero-order valence-corrected chi connectivity index (χ0v) is 7.02. The SMILES string of the molecule is CCCCNc1c(N)c(=O)c1=O. The number of unbranched alkanes of at least 4 members (excludes halogenated alkanes) is 1. The summed E-state index contributed by atoms with van der Waals surface area (Å²) in [7, 11) is 0. The van der Waals surface area contributed by atoms with E-state index in [1.54, 1.807) is 0 Å². The van der Waals surface area contributed by atoms with Crippen molar-refractivity contribution in [2.75, 3.05) is 17.6 Å². The first kappa shape index (κ1) is 8.77. The molecule has 0 bridgehead atoms. The van der Waals surface area contributed by atoms with Crippen LogP contribution in [-0.4, -0.2) is 6.54 Å². The van der Waals surface area contributed by atoms with E-state index in [0.29, 0.717) is 12.2 Å². The van der Waals surface area contributed by atoms with E-state index >= 15 is 0 Å². The van der Waals surface area contributed by atoms with Crippen molar-refractivity contribution in [3.63, 3.8) is 0 Å². The van der Waals surface area contributed by atoms with Crippen molar-refractivity contribution in [1.82, 2.24) is 0 Å². The highest BCUT2D eigenvalue weighted by molar-refractivity contribution is 5.71. The molecule has 0 saturated carbocycles.